The van der Waals surface area contributed by atoms with Gasteiger partial charge in [0.15, 0.2) is 0 Å². The highest BCUT2D eigenvalue weighted by Gasteiger charge is 2.34. The third-order valence-electron chi connectivity index (χ3n) is 4.80. The number of hydrogen-bond acceptors (Lipinski definition) is 3. The van der Waals surface area contributed by atoms with Gasteiger partial charge in [-0.2, -0.15) is 0 Å². The molecule has 2 bridgehead atoms. The highest BCUT2D eigenvalue weighted by molar-refractivity contribution is 5.76. The van der Waals surface area contributed by atoms with Crippen LogP contribution in [0.5, 0.6) is 0 Å². The second kappa shape index (κ2) is 6.44. The predicted octanol–water partition coefficient (Wildman–Crippen LogP) is 2.23. The van der Waals surface area contributed by atoms with E-state index in [1.165, 1.54) is 25.7 Å². The van der Waals surface area contributed by atoms with Crippen LogP contribution in [-0.2, 0) is 9.53 Å². The molecule has 1 amide bonds. The molecule has 0 aromatic carbocycles. The van der Waals surface area contributed by atoms with Crippen molar-refractivity contribution in [2.24, 2.45) is 5.92 Å². The first-order chi connectivity index (χ1) is 9.38. The van der Waals surface area contributed by atoms with Gasteiger partial charge in [-0.25, -0.2) is 0 Å². The lowest BCUT2D eigenvalue weighted by molar-refractivity contribution is -0.123. The van der Waals surface area contributed by atoms with Crippen LogP contribution in [0.1, 0.15) is 59.3 Å². The van der Waals surface area contributed by atoms with E-state index in [1.54, 1.807) is 7.11 Å². The van der Waals surface area contributed by atoms with Crippen LogP contribution in [0, 0.1) is 5.92 Å². The van der Waals surface area contributed by atoms with Gasteiger partial charge < -0.3 is 15.4 Å². The lowest BCUT2D eigenvalue weighted by atomic mass is 9.89. The lowest BCUT2D eigenvalue weighted by Crippen LogP contribution is -2.42. The molecule has 0 saturated carbocycles. The number of fused-ring (bicyclic) bond motifs is 2. The van der Waals surface area contributed by atoms with Crippen molar-refractivity contribution in [2.45, 2.75) is 83.0 Å². The zero-order valence-corrected chi connectivity index (χ0v) is 13.4. The largest absolute Gasteiger partial charge is 0.379 e. The Morgan fingerprint density at radius 2 is 1.95 bits per heavy atom. The van der Waals surface area contributed by atoms with Crippen LogP contribution in [0.2, 0.25) is 0 Å². The van der Waals surface area contributed by atoms with E-state index < -0.39 is 0 Å². The fraction of sp³-hybridized carbons (Fsp3) is 0.938. The smallest absolute Gasteiger partial charge is 0.220 e. The molecule has 4 heteroatoms. The van der Waals surface area contributed by atoms with E-state index in [0.717, 1.165) is 6.42 Å². The molecule has 2 aliphatic heterocycles. The molecule has 0 radical (unpaired) electrons. The molecular weight excluding hydrogens is 252 g/mol. The summed E-state index contributed by atoms with van der Waals surface area (Å²) in [6.07, 6.45) is 6.45. The number of methoxy groups -OCH3 is 1. The summed E-state index contributed by atoms with van der Waals surface area (Å²) in [4.78, 5) is 12.2. The van der Waals surface area contributed by atoms with Crippen molar-refractivity contribution >= 4 is 5.91 Å². The summed E-state index contributed by atoms with van der Waals surface area (Å²) >= 11 is 0. The minimum atomic E-state index is -0.180. The van der Waals surface area contributed by atoms with Crippen molar-refractivity contribution in [1.82, 2.24) is 10.6 Å². The Balaban J connectivity index is 1.72. The second-order valence-electron chi connectivity index (χ2n) is 7.32. The molecule has 3 atom stereocenters. The Kier molecular flexibility index (Phi) is 5.08. The maximum Gasteiger partial charge on any atom is 0.220 e. The maximum atomic E-state index is 12.2. The van der Waals surface area contributed by atoms with Gasteiger partial charge >= 0.3 is 0 Å². The molecule has 2 heterocycles. The van der Waals surface area contributed by atoms with E-state index >= 15 is 0 Å². The molecule has 2 aliphatic rings. The summed E-state index contributed by atoms with van der Waals surface area (Å²) in [5.74, 6) is 0.770. The standard InChI is InChI=1S/C16H30N2O2/c1-11(10-16(2,3)20-4)17-15(19)9-12-7-13-5-6-14(8-12)18-13/h11-14,18H,5-10H2,1-4H3,(H,17,19). The molecule has 116 valence electrons. The van der Waals surface area contributed by atoms with E-state index in [9.17, 15) is 4.79 Å². The molecular formula is C16H30N2O2. The molecule has 2 saturated heterocycles. The normalized spacial score (nSPS) is 31.1. The van der Waals surface area contributed by atoms with Gasteiger partial charge in [-0.1, -0.05) is 0 Å². The van der Waals surface area contributed by atoms with Gasteiger partial charge in [0, 0.05) is 31.7 Å². The Bertz CT molecular complexity index is 331. The summed E-state index contributed by atoms with van der Waals surface area (Å²) in [5, 5.41) is 6.75. The van der Waals surface area contributed by atoms with Crippen molar-refractivity contribution < 1.29 is 9.53 Å². The molecule has 0 aromatic heterocycles. The van der Waals surface area contributed by atoms with Crippen LogP contribution in [0.4, 0.5) is 0 Å². The van der Waals surface area contributed by atoms with Crippen LogP contribution in [0.25, 0.3) is 0 Å². The van der Waals surface area contributed by atoms with Crippen LogP contribution in [0.15, 0.2) is 0 Å². The van der Waals surface area contributed by atoms with Crippen molar-refractivity contribution in [2.75, 3.05) is 7.11 Å². The van der Waals surface area contributed by atoms with E-state index in [1.807, 2.05) is 0 Å². The number of piperidine rings is 1. The molecule has 2 fully saturated rings. The quantitative estimate of drug-likeness (QED) is 0.785. The first-order valence-electron chi connectivity index (χ1n) is 7.98. The Morgan fingerprint density at radius 1 is 1.35 bits per heavy atom. The van der Waals surface area contributed by atoms with Gasteiger partial charge in [-0.15, -0.1) is 0 Å². The summed E-state index contributed by atoms with van der Waals surface area (Å²) in [6, 6.07) is 1.49. The second-order valence-corrected chi connectivity index (χ2v) is 7.32. The van der Waals surface area contributed by atoms with E-state index in [0.29, 0.717) is 24.4 Å². The van der Waals surface area contributed by atoms with Gasteiger partial charge in [0.2, 0.25) is 5.91 Å². The summed E-state index contributed by atoms with van der Waals surface area (Å²) < 4.78 is 5.42. The van der Waals surface area contributed by atoms with Gasteiger partial charge in [-0.3, -0.25) is 4.79 Å². The first-order valence-corrected chi connectivity index (χ1v) is 7.98. The number of carbonyl (C=O) groups is 1. The minimum Gasteiger partial charge on any atom is -0.379 e. The topological polar surface area (TPSA) is 50.4 Å². The third kappa shape index (κ3) is 4.45. The van der Waals surface area contributed by atoms with Crippen LogP contribution in [-0.4, -0.2) is 36.7 Å². The highest BCUT2D eigenvalue weighted by atomic mass is 16.5. The predicted molar refractivity (Wildman–Crippen MR) is 80.6 cm³/mol. The lowest BCUT2D eigenvalue weighted by Gasteiger charge is -2.30. The van der Waals surface area contributed by atoms with E-state index in [-0.39, 0.29) is 17.6 Å². The van der Waals surface area contributed by atoms with Gasteiger partial charge in [0.1, 0.15) is 0 Å². The highest BCUT2D eigenvalue weighted by Crippen LogP contribution is 2.32. The minimum absolute atomic E-state index is 0.163. The van der Waals surface area contributed by atoms with Crippen LogP contribution in [0.3, 0.4) is 0 Å². The van der Waals surface area contributed by atoms with Crippen molar-refractivity contribution in [3.63, 3.8) is 0 Å². The number of ether oxygens (including phenoxy) is 1. The molecule has 0 aliphatic carbocycles. The fourth-order valence-corrected chi connectivity index (χ4v) is 3.81. The fourth-order valence-electron chi connectivity index (χ4n) is 3.81. The monoisotopic (exact) mass is 282 g/mol. The zero-order chi connectivity index (χ0) is 14.8. The van der Waals surface area contributed by atoms with E-state index in [4.69, 9.17) is 4.74 Å². The summed E-state index contributed by atoms with van der Waals surface area (Å²) in [5.41, 5.74) is -0.180. The third-order valence-corrected chi connectivity index (χ3v) is 4.80. The number of nitrogens with one attached hydrogen (secondary N) is 2. The number of hydrogen-bond donors (Lipinski definition) is 2. The molecule has 0 aromatic rings. The number of carbonyl (C=O) groups excluding carboxylic acids is 1. The van der Waals surface area contributed by atoms with Crippen molar-refractivity contribution in [3.8, 4) is 0 Å². The van der Waals surface area contributed by atoms with Gasteiger partial charge in [-0.05, 0) is 58.8 Å². The van der Waals surface area contributed by atoms with Crippen LogP contribution < -0.4 is 10.6 Å². The number of amides is 1. The Morgan fingerprint density at radius 3 is 2.50 bits per heavy atom. The number of rotatable bonds is 6. The van der Waals surface area contributed by atoms with E-state index in [2.05, 4.69) is 31.4 Å². The molecule has 2 N–H and O–H groups in total. The summed E-state index contributed by atoms with van der Waals surface area (Å²) in [7, 11) is 1.72. The maximum absolute atomic E-state index is 12.2. The van der Waals surface area contributed by atoms with Crippen molar-refractivity contribution in [3.05, 3.63) is 0 Å². The Labute approximate surface area is 123 Å². The van der Waals surface area contributed by atoms with Gasteiger partial charge in [0.05, 0.1) is 5.60 Å². The molecule has 4 nitrogen and oxygen atoms in total. The average Bonchev–Trinajstić information content (AvgIpc) is 2.67. The SMILES string of the molecule is COC(C)(C)CC(C)NC(=O)CC1CC2CCC(C1)N2. The zero-order valence-electron chi connectivity index (χ0n) is 13.4. The molecule has 2 rings (SSSR count). The average molecular weight is 282 g/mol. The van der Waals surface area contributed by atoms with Crippen molar-refractivity contribution in [1.29, 1.82) is 0 Å². The van der Waals surface area contributed by atoms with Crippen LogP contribution >= 0.6 is 0 Å². The van der Waals surface area contributed by atoms with Gasteiger partial charge in [0.25, 0.3) is 0 Å². The summed E-state index contributed by atoms with van der Waals surface area (Å²) in [6.45, 7) is 6.17. The Hall–Kier alpha value is -0.610. The first kappa shape index (κ1) is 15.8. The molecule has 0 spiro atoms. The molecule has 3 unspecified atom stereocenters. The molecule has 20 heavy (non-hydrogen) atoms.